The number of aromatic hydroxyl groups is 1. The van der Waals surface area contributed by atoms with Crippen molar-refractivity contribution < 1.29 is 63.3 Å². The van der Waals surface area contributed by atoms with Gasteiger partial charge in [0.1, 0.15) is 42.0 Å². The summed E-state index contributed by atoms with van der Waals surface area (Å²) in [6.07, 6.45) is 3.24. The van der Waals surface area contributed by atoms with Crippen molar-refractivity contribution in [2.24, 2.45) is 11.5 Å². The molecule has 3 aromatic carbocycles. The van der Waals surface area contributed by atoms with Gasteiger partial charge in [-0.3, -0.25) is 47.9 Å². The average molecular weight is 1060 g/mol. The van der Waals surface area contributed by atoms with E-state index < -0.39 is 121 Å². The predicted octanol–water partition coefficient (Wildman–Crippen LogP) is -0.805. The van der Waals surface area contributed by atoms with Gasteiger partial charge in [0, 0.05) is 36.4 Å². The summed E-state index contributed by atoms with van der Waals surface area (Å²) in [7, 11) is 0. The van der Waals surface area contributed by atoms with Gasteiger partial charge in [0.25, 0.3) is 0 Å². The number of rotatable bonds is 31. The lowest BCUT2D eigenvalue weighted by Crippen LogP contribution is -2.59. The number of aromatic nitrogens is 1. The molecule has 398 valence electrons. The van der Waals surface area contributed by atoms with Crippen LogP contribution in [0.25, 0.3) is 10.9 Å². The van der Waals surface area contributed by atoms with Gasteiger partial charge in [-0.05, 0) is 71.7 Å². The van der Waals surface area contributed by atoms with Gasteiger partial charge in [-0.1, -0.05) is 60.7 Å². The molecule has 25 heteroatoms. The average Bonchev–Trinajstić information content (AvgIpc) is 3.77. The van der Waals surface area contributed by atoms with Crippen LogP contribution in [-0.4, -0.2) is 152 Å². The molecule has 74 heavy (non-hydrogen) atoms. The standard InChI is InChI=1S/C49H62N10O13S2/c1-73-18-16-34(55-47(70)37(21-28-12-14-30(60)15-13-28)58-44(67)32(50)23-41(62)63)45(68)53-26-40(61)54-38(22-29-25-52-33-11-7-6-10-31(29)33)48(71)56-35(17-19-74-2)46(69)59-39(24-42(64)65)49(72)57-36(43(51)66)20-27-8-4-3-5-9-27/h3-15,25,32,34-39,52,60H,16-24,26,50H2,1-2H3,(H2,51,66)(H,53,68)(H,54,61)(H,55,70)(H,56,71)(H,57,72)(H,58,67)(H,59,69)(H,62,63)(H,64,65)/t32-,34+,35+,36+,37+,38+,39+/m1/s1. The molecule has 4 aromatic rings. The number of carboxylic acids is 2. The fraction of sp³-hybridized carbons (Fsp3) is 0.388. The van der Waals surface area contributed by atoms with Gasteiger partial charge in [0.2, 0.25) is 47.3 Å². The molecule has 0 aliphatic heterocycles. The van der Waals surface area contributed by atoms with Gasteiger partial charge in [-0.2, -0.15) is 23.5 Å². The maximum absolute atomic E-state index is 14.3. The molecule has 8 amide bonds. The van der Waals surface area contributed by atoms with Crippen molar-refractivity contribution in [1.82, 2.24) is 42.2 Å². The summed E-state index contributed by atoms with van der Waals surface area (Å²) in [5.74, 6) is -9.41. The molecule has 1 heterocycles. The number of primary amides is 1. The van der Waals surface area contributed by atoms with E-state index in [1.54, 1.807) is 73.3 Å². The van der Waals surface area contributed by atoms with Crippen LogP contribution >= 0.6 is 23.5 Å². The zero-order chi connectivity index (χ0) is 54.3. The molecule has 7 atom stereocenters. The quantitative estimate of drug-likeness (QED) is 0.0293. The summed E-state index contributed by atoms with van der Waals surface area (Å²) >= 11 is 2.68. The van der Waals surface area contributed by atoms with E-state index >= 15 is 0 Å². The first-order valence-electron chi connectivity index (χ1n) is 23.2. The highest BCUT2D eigenvalue weighted by Gasteiger charge is 2.34. The Balaban J connectivity index is 1.53. The van der Waals surface area contributed by atoms with Crippen molar-refractivity contribution in [3.63, 3.8) is 0 Å². The highest BCUT2D eigenvalue weighted by Crippen LogP contribution is 2.20. The third kappa shape index (κ3) is 19.4. The number of carbonyl (C=O) groups excluding carboxylic acids is 8. The summed E-state index contributed by atoms with van der Waals surface area (Å²) < 4.78 is 0. The first-order valence-corrected chi connectivity index (χ1v) is 26.0. The van der Waals surface area contributed by atoms with E-state index in [0.717, 1.165) is 0 Å². The molecule has 0 bridgehead atoms. The molecule has 0 spiro atoms. The Hall–Kier alpha value is -7.64. The molecule has 0 radical (unpaired) electrons. The monoisotopic (exact) mass is 1060 g/mol. The maximum Gasteiger partial charge on any atom is 0.305 e. The Kier molecular flexibility index (Phi) is 23.7. The molecule has 4 rings (SSSR count). The number of fused-ring (bicyclic) bond motifs is 1. The van der Waals surface area contributed by atoms with Crippen LogP contribution in [-0.2, 0) is 67.2 Å². The molecular weight excluding hydrogens is 1000 g/mol. The highest BCUT2D eigenvalue weighted by molar-refractivity contribution is 7.98. The van der Waals surface area contributed by atoms with E-state index in [9.17, 15) is 58.2 Å². The number of phenolic OH excluding ortho intramolecular Hbond substituents is 1. The first-order chi connectivity index (χ1) is 35.3. The fourth-order valence-electron chi connectivity index (χ4n) is 7.46. The number of nitrogens with two attached hydrogens (primary N) is 2. The number of carboxylic acid groups (broad SMARTS) is 2. The van der Waals surface area contributed by atoms with E-state index in [1.165, 1.54) is 47.8 Å². The van der Waals surface area contributed by atoms with Gasteiger partial charge < -0.3 is 69.0 Å². The molecule has 0 unspecified atom stereocenters. The van der Waals surface area contributed by atoms with Crippen molar-refractivity contribution in [1.29, 1.82) is 0 Å². The minimum Gasteiger partial charge on any atom is -0.508 e. The number of nitrogens with one attached hydrogen (secondary N) is 8. The second kappa shape index (κ2) is 29.8. The molecule has 1 aromatic heterocycles. The molecule has 0 aliphatic rings. The molecular formula is C49H62N10O13S2. The van der Waals surface area contributed by atoms with E-state index in [-0.39, 0.29) is 37.9 Å². The largest absolute Gasteiger partial charge is 0.508 e. The minimum atomic E-state index is -1.72. The zero-order valence-electron chi connectivity index (χ0n) is 40.6. The third-order valence-corrected chi connectivity index (χ3v) is 12.6. The van der Waals surface area contributed by atoms with Crippen LogP contribution in [0.2, 0.25) is 0 Å². The van der Waals surface area contributed by atoms with E-state index in [4.69, 9.17) is 16.6 Å². The molecule has 0 fully saturated rings. The van der Waals surface area contributed by atoms with Crippen LogP contribution in [0.4, 0.5) is 0 Å². The number of hydrogen-bond acceptors (Lipinski definition) is 14. The molecule has 23 nitrogen and oxygen atoms in total. The number of phenols is 1. The summed E-state index contributed by atoms with van der Waals surface area (Å²) in [6, 6.07) is 11.5. The Morgan fingerprint density at radius 2 is 1.04 bits per heavy atom. The lowest BCUT2D eigenvalue weighted by atomic mass is 10.0. The molecule has 0 aliphatic carbocycles. The predicted molar refractivity (Wildman–Crippen MR) is 276 cm³/mol. The van der Waals surface area contributed by atoms with Gasteiger partial charge in [-0.15, -0.1) is 0 Å². The number of aliphatic carboxylic acids is 2. The van der Waals surface area contributed by atoms with E-state index in [1.807, 2.05) is 0 Å². The van der Waals surface area contributed by atoms with Gasteiger partial charge in [-0.25, -0.2) is 0 Å². The van der Waals surface area contributed by atoms with E-state index in [2.05, 4.69) is 42.2 Å². The topological polar surface area (TPSA) is 383 Å². The van der Waals surface area contributed by atoms with Crippen molar-refractivity contribution >= 4 is 93.6 Å². The Bertz CT molecular complexity index is 2600. The first kappa shape index (κ1) is 58.9. The van der Waals surface area contributed by atoms with Gasteiger partial charge in [0.05, 0.1) is 25.4 Å². The minimum absolute atomic E-state index is 0.0142. The molecule has 0 saturated heterocycles. The van der Waals surface area contributed by atoms with Crippen molar-refractivity contribution in [3.05, 3.63) is 102 Å². The number of benzene rings is 3. The number of aromatic amines is 1. The fourth-order valence-corrected chi connectivity index (χ4v) is 8.40. The second-order valence-corrected chi connectivity index (χ2v) is 19.0. The molecule has 0 saturated carbocycles. The number of hydrogen-bond donors (Lipinski definition) is 13. The van der Waals surface area contributed by atoms with Crippen molar-refractivity contribution in [2.45, 2.75) is 87.2 Å². The number of H-pyrrole nitrogens is 1. The Labute approximate surface area is 434 Å². The van der Waals surface area contributed by atoms with Crippen LogP contribution in [0.3, 0.4) is 0 Å². The Morgan fingerprint density at radius 3 is 1.64 bits per heavy atom. The summed E-state index contributed by atoms with van der Waals surface area (Å²) in [5, 5.41) is 46.9. The third-order valence-electron chi connectivity index (χ3n) is 11.4. The van der Waals surface area contributed by atoms with Crippen LogP contribution < -0.4 is 48.7 Å². The number of amides is 8. The maximum atomic E-state index is 14.3. The van der Waals surface area contributed by atoms with Crippen LogP contribution in [0.1, 0.15) is 42.4 Å². The zero-order valence-corrected chi connectivity index (χ0v) is 42.2. The number of para-hydroxylation sites is 1. The van der Waals surface area contributed by atoms with Crippen LogP contribution in [0.15, 0.2) is 85.1 Å². The Morgan fingerprint density at radius 1 is 0.554 bits per heavy atom. The highest BCUT2D eigenvalue weighted by atomic mass is 32.2. The summed E-state index contributed by atoms with van der Waals surface area (Å²) in [4.78, 5) is 135. The SMILES string of the molecule is CSCC[C@H](NC(=O)[C@H](Cc1ccc(O)cc1)NC(=O)[C@H](N)CC(=O)O)C(=O)NCC(=O)N[C@@H](Cc1c[nH]c2ccccc12)C(=O)N[C@@H](CCSC)C(=O)N[C@@H](CC(=O)O)C(=O)N[C@@H](Cc1ccccc1)C(N)=O. The summed E-state index contributed by atoms with van der Waals surface area (Å²) in [6.45, 7) is -0.710. The van der Waals surface area contributed by atoms with Crippen molar-refractivity contribution in [2.75, 3.05) is 30.6 Å². The van der Waals surface area contributed by atoms with Gasteiger partial charge >= 0.3 is 11.9 Å². The smallest absolute Gasteiger partial charge is 0.305 e. The van der Waals surface area contributed by atoms with E-state index in [0.29, 0.717) is 39.1 Å². The summed E-state index contributed by atoms with van der Waals surface area (Å²) in [5.41, 5.74) is 13.8. The lowest BCUT2D eigenvalue weighted by molar-refractivity contribution is -0.141. The second-order valence-electron chi connectivity index (χ2n) is 17.0. The lowest BCUT2D eigenvalue weighted by Gasteiger charge is -2.26. The number of thioether (sulfide) groups is 2. The van der Waals surface area contributed by atoms with Crippen molar-refractivity contribution in [3.8, 4) is 5.75 Å². The van der Waals surface area contributed by atoms with Crippen LogP contribution in [0.5, 0.6) is 5.75 Å². The molecule has 15 N–H and O–H groups in total. The van der Waals surface area contributed by atoms with Gasteiger partial charge in [0.15, 0.2) is 0 Å². The van der Waals surface area contributed by atoms with Crippen LogP contribution in [0, 0.1) is 0 Å². The normalized spacial score (nSPS) is 13.8. The number of carbonyl (C=O) groups is 10.